The number of phenolic OH excluding ortho intramolecular Hbond substituents is 1. The molecule has 0 saturated carbocycles. The summed E-state index contributed by atoms with van der Waals surface area (Å²) in [7, 11) is 1.46. The Labute approximate surface area is 317 Å². The lowest BCUT2D eigenvalue weighted by Crippen LogP contribution is -2.72. The number of oxime groups is 1. The molecule has 19 heteroatoms. The number of anilines is 1. The number of thiazole rings is 1. The summed E-state index contributed by atoms with van der Waals surface area (Å²) in [6, 6.07) is 7.25. The molecule has 286 valence electrons. The van der Waals surface area contributed by atoms with Gasteiger partial charge in [0.25, 0.3) is 17.7 Å². The number of aromatic nitrogens is 1. The first-order valence-corrected chi connectivity index (χ1v) is 18.9. The van der Waals surface area contributed by atoms with Gasteiger partial charge in [0.1, 0.15) is 23.7 Å². The number of carboxylic acids is 2. The molecule has 0 aliphatic carbocycles. The lowest BCUT2D eigenvalue weighted by Gasteiger charge is -2.51. The Morgan fingerprint density at radius 1 is 1.17 bits per heavy atom. The summed E-state index contributed by atoms with van der Waals surface area (Å²) >= 11 is 2.31. The third-order valence-electron chi connectivity index (χ3n) is 9.70. The third kappa shape index (κ3) is 7.64. The van der Waals surface area contributed by atoms with E-state index in [9.17, 15) is 39.3 Å². The van der Waals surface area contributed by atoms with Crippen molar-refractivity contribution in [2.45, 2.75) is 43.7 Å². The monoisotopic (exact) mass is 781 g/mol. The molecular formula is C35H39N7O10S2. The number of hydrogen-bond acceptors (Lipinski definition) is 14. The number of aliphatic carboxylic acids is 2. The number of nitrogens with zero attached hydrogens (tertiary/aromatic N) is 4. The maximum atomic E-state index is 13.5. The van der Waals surface area contributed by atoms with Crippen LogP contribution >= 0.6 is 23.1 Å². The zero-order chi connectivity index (χ0) is 38.9. The van der Waals surface area contributed by atoms with Crippen LogP contribution in [0.5, 0.6) is 11.5 Å². The fraction of sp³-hybridized carbons (Fsp3) is 0.400. The zero-order valence-corrected chi connectivity index (χ0v) is 31.3. The number of nitrogens with one attached hydrogen (secondary N) is 2. The van der Waals surface area contributed by atoms with Crippen LogP contribution in [0.25, 0.3) is 10.8 Å². The van der Waals surface area contributed by atoms with Crippen molar-refractivity contribution in [3.05, 3.63) is 58.2 Å². The van der Waals surface area contributed by atoms with E-state index in [0.29, 0.717) is 46.4 Å². The van der Waals surface area contributed by atoms with Crippen molar-refractivity contribution in [3.8, 4) is 11.5 Å². The van der Waals surface area contributed by atoms with E-state index in [4.69, 9.17) is 15.3 Å². The Balaban J connectivity index is 1.14. The summed E-state index contributed by atoms with van der Waals surface area (Å²) in [5, 5.41) is 43.8. The predicted octanol–water partition coefficient (Wildman–Crippen LogP) is 0.621. The van der Waals surface area contributed by atoms with Crippen LogP contribution in [0.2, 0.25) is 0 Å². The van der Waals surface area contributed by atoms with E-state index >= 15 is 0 Å². The number of benzene rings is 2. The van der Waals surface area contributed by atoms with Gasteiger partial charge in [-0.2, -0.15) is 0 Å². The van der Waals surface area contributed by atoms with Crippen LogP contribution in [-0.2, 0) is 24.0 Å². The Kier molecular flexibility index (Phi) is 10.8. The number of nitrogens with two attached hydrogens (primary N) is 1. The van der Waals surface area contributed by atoms with Crippen molar-refractivity contribution in [2.75, 3.05) is 51.3 Å². The Bertz CT molecular complexity index is 2090. The molecule has 6 rings (SSSR count). The number of nitrogen functional groups attached to an aromatic ring is 1. The second-order valence-electron chi connectivity index (χ2n) is 13.7. The Morgan fingerprint density at radius 3 is 2.56 bits per heavy atom. The summed E-state index contributed by atoms with van der Waals surface area (Å²) in [4.78, 5) is 74.6. The molecule has 6 N–H and O–H groups in total. The first kappa shape index (κ1) is 38.3. The lowest BCUT2D eigenvalue weighted by molar-refractivity contribution is -0.911. The number of likely N-dealkylation sites (tertiary alicyclic amines) is 1. The molecule has 3 aromatic rings. The maximum absolute atomic E-state index is 13.5. The van der Waals surface area contributed by atoms with Crippen molar-refractivity contribution >= 4 is 74.4 Å². The number of rotatable bonds is 14. The smallest absolute Gasteiger partial charge is 0.350 e. The number of carbonyl (C=O) groups excluding carboxylic acids is 4. The molecule has 2 saturated heterocycles. The van der Waals surface area contributed by atoms with Crippen molar-refractivity contribution in [1.82, 2.24) is 20.5 Å². The number of ether oxygens (including phenoxy) is 1. The molecule has 1 aromatic heterocycles. The average molecular weight is 782 g/mol. The molecule has 3 amide bonds. The van der Waals surface area contributed by atoms with Crippen LogP contribution in [0.15, 0.2) is 52.1 Å². The van der Waals surface area contributed by atoms with Gasteiger partial charge in [-0.05, 0) is 48.9 Å². The van der Waals surface area contributed by atoms with Crippen molar-refractivity contribution in [1.29, 1.82) is 0 Å². The normalized spacial score (nSPS) is 19.6. The largest absolute Gasteiger partial charge is 0.543 e. The lowest BCUT2D eigenvalue weighted by atomic mass is 10.0. The van der Waals surface area contributed by atoms with Crippen LogP contribution in [0.1, 0.15) is 42.7 Å². The predicted molar refractivity (Wildman–Crippen MR) is 196 cm³/mol. The maximum Gasteiger partial charge on any atom is 0.350 e. The minimum absolute atomic E-state index is 0.00291. The van der Waals surface area contributed by atoms with E-state index in [0.717, 1.165) is 47.6 Å². The topological polar surface area (TPSA) is 246 Å². The quantitative estimate of drug-likeness (QED) is 0.0653. The summed E-state index contributed by atoms with van der Waals surface area (Å²) in [6.45, 7) is 5.14. The number of thioether (sulfide) groups is 1. The molecule has 3 aliphatic rings. The number of carbonyl (C=O) groups is 5. The Hall–Kier alpha value is -5.40. The molecule has 2 fully saturated rings. The highest BCUT2D eigenvalue weighted by Gasteiger charge is 2.54. The summed E-state index contributed by atoms with van der Waals surface area (Å²) in [6.07, 6.45) is 1.82. The molecule has 4 heterocycles. The second kappa shape index (κ2) is 15.2. The SMILES string of the molecule is COc1cc2ccc(C(=O)NCC[N+]3(CC4=C(C(=O)[O-])N5C(=O)[C@@H](NC(=O)/C(=N\OC(C)(C)C(=O)O)c6csc(N)n6)[C@H]5SC4)CCCC3)cc2cc1O. The van der Waals surface area contributed by atoms with E-state index < -0.39 is 46.5 Å². The standard InChI is InChI=1S/C35H39N7O10S2/c1-35(2,33(49)50)52-40-25(22-17-54-34(36)38-22)29(45)39-26-30(46)41-27(32(47)48)21(16-53-31(26)41)15-42(9-4-5-10-42)11-8-37-28(44)19-7-6-18-14-24(51-3)23(43)13-20(18)12-19/h6-7,12-14,17,26,31H,4-5,8-11,15-16H2,1-3H3,(H6-,36,37,38,39,43,44,45,47,48,49,50)/b40-25-/t26-,31-/m1/s1. The molecule has 2 atom stereocenters. The minimum atomic E-state index is -1.79. The first-order valence-electron chi connectivity index (χ1n) is 17.0. The fourth-order valence-corrected chi connectivity index (χ4v) is 8.64. The minimum Gasteiger partial charge on any atom is -0.543 e. The van der Waals surface area contributed by atoms with E-state index in [2.05, 4.69) is 20.8 Å². The highest BCUT2D eigenvalue weighted by atomic mass is 32.2. The van der Waals surface area contributed by atoms with Gasteiger partial charge in [0.05, 0.1) is 45.0 Å². The van der Waals surface area contributed by atoms with Crippen molar-refractivity contribution < 1.29 is 53.3 Å². The number of aromatic hydroxyl groups is 1. The molecular weight excluding hydrogens is 743 g/mol. The number of phenols is 1. The summed E-state index contributed by atoms with van der Waals surface area (Å²) in [5.74, 6) is -4.15. The number of methoxy groups -OCH3 is 1. The van der Waals surface area contributed by atoms with E-state index in [1.54, 1.807) is 24.3 Å². The van der Waals surface area contributed by atoms with Crippen LogP contribution in [0.4, 0.5) is 5.13 Å². The molecule has 3 aliphatic heterocycles. The molecule has 0 spiro atoms. The van der Waals surface area contributed by atoms with Crippen LogP contribution < -0.4 is 26.2 Å². The number of hydrogen-bond donors (Lipinski definition) is 5. The highest BCUT2D eigenvalue weighted by molar-refractivity contribution is 8.00. The number of carboxylic acid groups (broad SMARTS) is 2. The summed E-state index contributed by atoms with van der Waals surface area (Å²) in [5.41, 5.74) is 4.25. The number of fused-ring (bicyclic) bond motifs is 2. The molecule has 2 aromatic carbocycles. The van der Waals surface area contributed by atoms with Gasteiger partial charge in [-0.1, -0.05) is 11.2 Å². The van der Waals surface area contributed by atoms with Gasteiger partial charge in [-0.25, -0.2) is 9.78 Å². The van der Waals surface area contributed by atoms with Crippen molar-refractivity contribution in [3.63, 3.8) is 0 Å². The van der Waals surface area contributed by atoms with Crippen LogP contribution in [0, 0.1) is 0 Å². The molecule has 0 radical (unpaired) electrons. The molecule has 0 bridgehead atoms. The fourth-order valence-electron chi connectivity index (χ4n) is 6.75. The van der Waals surface area contributed by atoms with Gasteiger partial charge in [0, 0.05) is 35.1 Å². The van der Waals surface area contributed by atoms with E-state index in [1.807, 2.05) is 0 Å². The molecule has 0 unspecified atom stereocenters. The van der Waals surface area contributed by atoms with Gasteiger partial charge in [0.2, 0.25) is 5.60 Å². The first-order chi connectivity index (χ1) is 25.6. The third-order valence-corrected chi connectivity index (χ3v) is 11.7. The van der Waals surface area contributed by atoms with Gasteiger partial charge in [-0.15, -0.1) is 23.1 Å². The van der Waals surface area contributed by atoms with Gasteiger partial charge < -0.3 is 50.5 Å². The van der Waals surface area contributed by atoms with Crippen LogP contribution in [0.3, 0.4) is 0 Å². The van der Waals surface area contributed by atoms with Gasteiger partial charge in [0.15, 0.2) is 22.3 Å². The van der Waals surface area contributed by atoms with Crippen molar-refractivity contribution in [2.24, 2.45) is 5.16 Å². The average Bonchev–Trinajstić information content (AvgIpc) is 3.78. The summed E-state index contributed by atoms with van der Waals surface area (Å²) < 4.78 is 5.67. The van der Waals surface area contributed by atoms with E-state index in [1.165, 1.54) is 44.2 Å². The molecule has 17 nitrogen and oxygen atoms in total. The highest BCUT2D eigenvalue weighted by Crippen LogP contribution is 2.41. The molecule has 54 heavy (non-hydrogen) atoms. The van der Waals surface area contributed by atoms with Gasteiger partial charge >= 0.3 is 5.97 Å². The second-order valence-corrected chi connectivity index (χ2v) is 15.7. The van der Waals surface area contributed by atoms with Crippen LogP contribution in [-0.4, -0.2) is 123 Å². The Morgan fingerprint density at radius 2 is 1.91 bits per heavy atom. The zero-order valence-electron chi connectivity index (χ0n) is 29.6. The number of β-lactam (4-membered cyclic amide) rings is 1. The number of amides is 3. The van der Waals surface area contributed by atoms with E-state index in [-0.39, 0.29) is 33.9 Å². The number of quaternary nitrogens is 1. The van der Waals surface area contributed by atoms with Gasteiger partial charge in [-0.3, -0.25) is 19.3 Å².